The highest BCUT2D eigenvalue weighted by molar-refractivity contribution is 7.80. The average Bonchev–Trinajstić information content (AvgIpc) is 2.95. The van der Waals surface area contributed by atoms with Crippen LogP contribution in [-0.2, 0) is 24.7 Å². The predicted octanol–water partition coefficient (Wildman–Crippen LogP) is 7.99. The summed E-state index contributed by atoms with van der Waals surface area (Å²) < 4.78 is 177. The molecule has 4 aromatic rings. The Labute approximate surface area is 247 Å². The van der Waals surface area contributed by atoms with Crippen LogP contribution in [0.15, 0.2) is 66.7 Å². The minimum atomic E-state index is -5.48. The third-order valence-electron chi connectivity index (χ3n) is 6.14. The molecule has 0 N–H and O–H groups in total. The second-order valence-corrected chi connectivity index (χ2v) is 11.3. The third kappa shape index (κ3) is 7.26. The lowest BCUT2D eigenvalue weighted by molar-refractivity contribution is -0.151. The Hall–Kier alpha value is -4.07. The lowest BCUT2D eigenvalue weighted by Crippen LogP contribution is -2.28. The number of benzene rings is 2. The van der Waals surface area contributed by atoms with Crippen LogP contribution in [0.4, 0.5) is 52.7 Å². The van der Waals surface area contributed by atoms with E-state index in [2.05, 4.69) is 9.97 Å². The number of ether oxygens (including phenoxy) is 2. The highest BCUT2D eigenvalue weighted by Gasteiger charge is 2.42. The Balaban J connectivity index is 2.21. The standard InChI is InChI=1S/C28H17F12N2O2P/c1-43-17-7-5-8-18(44-2)24(17)16-6-3-4-9-19(16)45(14-10-20(25(29,30)31)41-21(11-14)26(32,33)34)15-12-22(27(35,36)37)42-23(13-15)28(38,39)40/h3-13H,1-2H3. The molecule has 0 bridgehead atoms. The maximum atomic E-state index is 13.8. The van der Waals surface area contributed by atoms with Gasteiger partial charge in [-0.3, -0.25) is 0 Å². The number of hydrogen-bond acceptors (Lipinski definition) is 4. The van der Waals surface area contributed by atoms with Crippen molar-refractivity contribution in [3.05, 3.63) is 89.5 Å². The van der Waals surface area contributed by atoms with E-state index in [4.69, 9.17) is 9.47 Å². The lowest BCUT2D eigenvalue weighted by atomic mass is 10.0. The number of rotatable bonds is 6. The van der Waals surface area contributed by atoms with Gasteiger partial charge in [-0.25, -0.2) is 9.97 Å². The average molecular weight is 672 g/mol. The molecule has 0 fully saturated rings. The zero-order valence-electron chi connectivity index (χ0n) is 22.5. The van der Waals surface area contributed by atoms with Gasteiger partial charge in [0, 0.05) is 0 Å². The molecule has 0 aliphatic carbocycles. The molecule has 17 heteroatoms. The molecule has 4 rings (SSSR count). The van der Waals surface area contributed by atoms with E-state index in [9.17, 15) is 52.7 Å². The van der Waals surface area contributed by atoms with Gasteiger partial charge in [-0.1, -0.05) is 30.3 Å². The van der Waals surface area contributed by atoms with Gasteiger partial charge < -0.3 is 9.47 Å². The second-order valence-electron chi connectivity index (χ2n) is 9.07. The molecular formula is C28H17F12N2O2P. The topological polar surface area (TPSA) is 44.2 Å². The van der Waals surface area contributed by atoms with Crippen LogP contribution in [0.5, 0.6) is 11.5 Å². The van der Waals surface area contributed by atoms with Crippen LogP contribution in [0.1, 0.15) is 22.8 Å². The first-order valence-corrected chi connectivity index (χ1v) is 13.5. The van der Waals surface area contributed by atoms with E-state index in [1.807, 2.05) is 0 Å². The number of aromatic nitrogens is 2. The van der Waals surface area contributed by atoms with E-state index in [1.165, 1.54) is 50.6 Å². The van der Waals surface area contributed by atoms with E-state index in [-0.39, 0.29) is 52.2 Å². The largest absolute Gasteiger partial charge is 0.496 e. The van der Waals surface area contributed by atoms with E-state index in [1.54, 1.807) is 0 Å². The van der Waals surface area contributed by atoms with Crippen LogP contribution in [0, 0.1) is 0 Å². The molecule has 2 aromatic heterocycles. The summed E-state index contributed by atoms with van der Waals surface area (Å²) in [7, 11) is -0.614. The molecule has 2 aromatic carbocycles. The fraction of sp³-hybridized carbons (Fsp3) is 0.214. The number of alkyl halides is 12. The van der Waals surface area contributed by atoms with E-state index < -0.39 is 66.0 Å². The van der Waals surface area contributed by atoms with Gasteiger partial charge in [-0.05, 0) is 65.8 Å². The van der Waals surface area contributed by atoms with Crippen molar-refractivity contribution in [2.75, 3.05) is 14.2 Å². The molecule has 0 radical (unpaired) electrons. The van der Waals surface area contributed by atoms with Crippen LogP contribution in [0.3, 0.4) is 0 Å². The van der Waals surface area contributed by atoms with Crippen molar-refractivity contribution in [1.29, 1.82) is 0 Å². The molecule has 0 spiro atoms. The minimum Gasteiger partial charge on any atom is -0.496 e. The molecule has 0 saturated heterocycles. The summed E-state index contributed by atoms with van der Waals surface area (Å²) in [5.41, 5.74) is -8.19. The van der Waals surface area contributed by atoms with Crippen LogP contribution >= 0.6 is 7.92 Å². The monoisotopic (exact) mass is 672 g/mol. The van der Waals surface area contributed by atoms with E-state index >= 15 is 0 Å². The molecule has 240 valence electrons. The van der Waals surface area contributed by atoms with Gasteiger partial charge in [-0.2, -0.15) is 52.7 Å². The predicted molar refractivity (Wildman–Crippen MR) is 139 cm³/mol. The summed E-state index contributed by atoms with van der Waals surface area (Å²) in [6.45, 7) is 0. The molecule has 0 atom stereocenters. The number of nitrogens with zero attached hydrogens (tertiary/aromatic N) is 2. The molecule has 2 heterocycles. The first kappa shape index (κ1) is 33.8. The van der Waals surface area contributed by atoms with Crippen molar-refractivity contribution in [3.63, 3.8) is 0 Å². The molecule has 0 aliphatic rings. The van der Waals surface area contributed by atoms with Crippen molar-refractivity contribution in [2.24, 2.45) is 0 Å². The molecule has 45 heavy (non-hydrogen) atoms. The summed E-state index contributed by atoms with van der Waals surface area (Å²) >= 11 is 0. The third-order valence-corrected chi connectivity index (χ3v) is 8.56. The normalized spacial score (nSPS) is 12.9. The van der Waals surface area contributed by atoms with E-state index in [0.717, 1.165) is 6.07 Å². The number of methoxy groups -OCH3 is 2. The maximum absolute atomic E-state index is 13.8. The zero-order valence-corrected chi connectivity index (χ0v) is 23.4. The van der Waals surface area contributed by atoms with Gasteiger partial charge >= 0.3 is 24.7 Å². The Morgan fingerprint density at radius 1 is 0.511 bits per heavy atom. The number of halogens is 12. The van der Waals surface area contributed by atoms with Crippen molar-refractivity contribution in [3.8, 4) is 22.6 Å². The van der Waals surface area contributed by atoms with Gasteiger partial charge in [0.25, 0.3) is 0 Å². The SMILES string of the molecule is COc1cccc(OC)c1-c1ccccc1P(c1cc(C(F)(F)F)nc(C(F)(F)F)c1)c1cc(C(F)(F)F)nc(C(F)(F)F)c1. The van der Waals surface area contributed by atoms with Crippen molar-refractivity contribution >= 4 is 23.8 Å². The molecule has 0 aliphatic heterocycles. The zero-order chi connectivity index (χ0) is 33.5. The van der Waals surface area contributed by atoms with Gasteiger partial charge in [0.2, 0.25) is 0 Å². The summed E-state index contributed by atoms with van der Waals surface area (Å²) in [5.74, 6) is 0.139. The number of pyridine rings is 2. The van der Waals surface area contributed by atoms with Gasteiger partial charge in [0.05, 0.1) is 19.8 Å². The smallest absolute Gasteiger partial charge is 0.433 e. The van der Waals surface area contributed by atoms with Crippen LogP contribution in [-0.4, -0.2) is 24.2 Å². The highest BCUT2D eigenvalue weighted by Crippen LogP contribution is 2.46. The van der Waals surface area contributed by atoms with Gasteiger partial charge in [0.15, 0.2) is 0 Å². The summed E-state index contributed by atoms with van der Waals surface area (Å²) in [4.78, 5) is 5.29. The molecule has 0 amide bonds. The molecule has 0 saturated carbocycles. The Bertz CT molecular complexity index is 1540. The minimum absolute atomic E-state index is 0.0178. The fourth-order valence-electron chi connectivity index (χ4n) is 4.30. The number of hydrogen-bond donors (Lipinski definition) is 0. The molecular weight excluding hydrogens is 655 g/mol. The summed E-state index contributed by atoms with van der Waals surface area (Å²) in [5, 5.41) is -2.02. The second kappa shape index (κ2) is 12.0. The van der Waals surface area contributed by atoms with Crippen molar-refractivity contribution < 1.29 is 62.2 Å². The van der Waals surface area contributed by atoms with Crippen LogP contribution in [0.2, 0.25) is 0 Å². The molecule has 0 unspecified atom stereocenters. The van der Waals surface area contributed by atoms with Crippen LogP contribution in [0.25, 0.3) is 11.1 Å². The summed E-state index contributed by atoms with van der Waals surface area (Å²) in [6.07, 6.45) is -21.9. The Morgan fingerprint density at radius 2 is 0.867 bits per heavy atom. The maximum Gasteiger partial charge on any atom is 0.433 e. The van der Waals surface area contributed by atoms with E-state index in [0.29, 0.717) is 0 Å². The van der Waals surface area contributed by atoms with Crippen molar-refractivity contribution in [1.82, 2.24) is 9.97 Å². The van der Waals surface area contributed by atoms with Crippen LogP contribution < -0.4 is 25.4 Å². The lowest BCUT2D eigenvalue weighted by Gasteiger charge is -2.26. The quantitative estimate of drug-likeness (QED) is 0.154. The first-order valence-electron chi connectivity index (χ1n) is 12.2. The Kier molecular flexibility index (Phi) is 9.04. The molecule has 4 nitrogen and oxygen atoms in total. The van der Waals surface area contributed by atoms with Gasteiger partial charge in [0.1, 0.15) is 34.3 Å². The van der Waals surface area contributed by atoms with Gasteiger partial charge in [-0.15, -0.1) is 0 Å². The fourth-order valence-corrected chi connectivity index (χ4v) is 6.82. The highest BCUT2D eigenvalue weighted by atomic mass is 31.1. The first-order chi connectivity index (χ1) is 20.8. The Morgan fingerprint density at radius 3 is 1.20 bits per heavy atom. The van der Waals surface area contributed by atoms with Crippen molar-refractivity contribution in [2.45, 2.75) is 24.7 Å². The summed E-state index contributed by atoms with van der Waals surface area (Å²) in [6, 6.07) is 10.1.